The summed E-state index contributed by atoms with van der Waals surface area (Å²) in [5.41, 5.74) is 2.07. The van der Waals surface area contributed by atoms with Crippen LogP contribution in [0.1, 0.15) is 18.4 Å². The molecule has 0 bridgehead atoms. The zero-order valence-electron chi connectivity index (χ0n) is 18.0. The number of phenols is 1. The van der Waals surface area contributed by atoms with Gasteiger partial charge in [0.05, 0.1) is 0 Å². The first-order valence-electron chi connectivity index (χ1n) is 10.3. The number of benzene rings is 2. The zero-order valence-corrected chi connectivity index (χ0v) is 23.1. The molecule has 178 valence electrons. The predicted molar refractivity (Wildman–Crippen MR) is 138 cm³/mol. The number of rotatable bonds is 9. The molecular formula is C23H22BFI2N3O3S-. The molecule has 0 aromatic heterocycles. The molecule has 11 heteroatoms. The third-order valence-electron chi connectivity index (χ3n) is 4.70. The summed E-state index contributed by atoms with van der Waals surface area (Å²) in [7, 11) is 2.21. The van der Waals surface area contributed by atoms with Gasteiger partial charge in [0.25, 0.3) is 0 Å². The molecule has 0 aliphatic carbocycles. The van der Waals surface area contributed by atoms with Gasteiger partial charge in [-0.25, -0.2) is 0 Å². The minimum absolute atomic E-state index is 0.174. The van der Waals surface area contributed by atoms with Gasteiger partial charge in [0.2, 0.25) is 0 Å². The fourth-order valence-electron chi connectivity index (χ4n) is 2.97. The molecule has 0 unspecified atom stereocenters. The molecule has 6 nitrogen and oxygen atoms in total. The summed E-state index contributed by atoms with van der Waals surface area (Å²) in [6.07, 6.45) is 6.80. The Kier molecular flexibility index (Phi) is 10.2. The van der Waals surface area contributed by atoms with Crippen LogP contribution < -0.4 is 31.5 Å². The third kappa shape index (κ3) is 7.65. The van der Waals surface area contributed by atoms with E-state index in [1.165, 1.54) is 18.2 Å². The first-order valence-corrected chi connectivity index (χ1v) is 14.9. The number of nitrogens with zero attached hydrogens (tertiary/aromatic N) is 1. The quantitative estimate of drug-likeness (QED) is 0.158. The van der Waals surface area contributed by atoms with Gasteiger partial charge in [-0.1, -0.05) is 0 Å². The Hall–Kier alpha value is -1.71. The summed E-state index contributed by atoms with van der Waals surface area (Å²) in [6.45, 7) is 0.808. The summed E-state index contributed by atoms with van der Waals surface area (Å²) in [6, 6.07) is 12.4. The van der Waals surface area contributed by atoms with Crippen molar-refractivity contribution >= 4 is 52.2 Å². The van der Waals surface area contributed by atoms with Crippen molar-refractivity contribution in [2.24, 2.45) is 3.21 Å². The van der Waals surface area contributed by atoms with Gasteiger partial charge < -0.3 is 0 Å². The molecule has 0 saturated heterocycles. The maximum atomic E-state index is 13.8. The molecule has 2 radical (unpaired) electrons. The van der Waals surface area contributed by atoms with Crippen LogP contribution in [0.25, 0.3) is 5.57 Å². The van der Waals surface area contributed by atoms with E-state index < -0.39 is 37.3 Å². The fraction of sp³-hybridized carbons (Fsp3) is 0.174. The molecule has 2 aromatic rings. The van der Waals surface area contributed by atoms with E-state index in [4.69, 9.17) is 7.85 Å². The molecule has 0 spiro atoms. The Morgan fingerprint density at radius 2 is 1.76 bits per heavy atom. The molecule has 3 N–H and O–H groups in total. The van der Waals surface area contributed by atoms with E-state index in [1.807, 2.05) is 24.3 Å². The summed E-state index contributed by atoms with van der Waals surface area (Å²) < 4.78 is 47.0. The first kappa shape index (κ1) is 26.9. The monoisotopic (exact) mass is 704 g/mol. The van der Waals surface area contributed by atoms with Crippen molar-refractivity contribution in [3.05, 3.63) is 84.8 Å². The molecule has 1 heterocycles. The average Bonchev–Trinajstić information content (AvgIpc) is 2.86. The second-order valence-corrected chi connectivity index (χ2v) is 12.3. The Morgan fingerprint density at radius 3 is 2.53 bits per heavy atom. The first-order chi connectivity index (χ1) is 16.3. The summed E-state index contributed by atoms with van der Waals surface area (Å²) in [4.78, 5) is -0.350. The number of halogens is 3. The van der Waals surface area contributed by atoms with Crippen molar-refractivity contribution in [2.45, 2.75) is 17.7 Å². The van der Waals surface area contributed by atoms with Gasteiger partial charge in [-0.15, -0.1) is 0 Å². The third-order valence-corrected chi connectivity index (χ3v) is 8.90. The van der Waals surface area contributed by atoms with Crippen molar-refractivity contribution in [1.82, 2.24) is 10.0 Å². The van der Waals surface area contributed by atoms with Crippen LogP contribution in [0.2, 0.25) is 0 Å². The van der Waals surface area contributed by atoms with Crippen LogP contribution in [0, 0.1) is 5.82 Å². The normalized spacial score (nSPS) is 20.1. The van der Waals surface area contributed by atoms with Crippen molar-refractivity contribution < 1.29 is 39.4 Å². The molecule has 0 fully saturated rings. The van der Waals surface area contributed by atoms with Gasteiger partial charge in [0, 0.05) is 0 Å². The van der Waals surface area contributed by atoms with Gasteiger partial charge >= 0.3 is 226 Å². The van der Waals surface area contributed by atoms with Crippen LogP contribution in [0.5, 0.6) is 5.75 Å². The summed E-state index contributed by atoms with van der Waals surface area (Å²) in [5, 5.41) is 13.7. The molecule has 1 aliphatic rings. The Labute approximate surface area is 224 Å². The number of hydrogen-bond donors (Lipinski definition) is 3. The molecular weight excluding hydrogens is 682 g/mol. The van der Waals surface area contributed by atoms with Crippen LogP contribution in [0.3, 0.4) is 0 Å². The molecule has 0 amide bonds. The summed E-state index contributed by atoms with van der Waals surface area (Å²) in [5.74, 6) is -0.598. The van der Waals surface area contributed by atoms with Crippen LogP contribution in [-0.2, 0) is 10.0 Å². The number of sulfonamides is 1. The van der Waals surface area contributed by atoms with E-state index >= 15 is 0 Å². The van der Waals surface area contributed by atoms with E-state index in [-0.39, 0.29) is 17.2 Å². The molecule has 0 saturated carbocycles. The number of allylic oxidation sites excluding steroid dienone is 5. The Morgan fingerprint density at radius 1 is 1.06 bits per heavy atom. The van der Waals surface area contributed by atoms with Gasteiger partial charge in [0.1, 0.15) is 0 Å². The van der Waals surface area contributed by atoms with Crippen LogP contribution in [0.15, 0.2) is 81.5 Å². The molecule has 34 heavy (non-hydrogen) atoms. The zero-order chi connectivity index (χ0) is 24.6. The number of unbranched alkanes of at least 4 members (excludes halogenated alkanes) is 1. The van der Waals surface area contributed by atoms with E-state index in [9.17, 15) is 17.9 Å². The number of nitrogens with one attached hydrogen (secondary N) is 2. The Bertz CT molecular complexity index is 1260. The minimum atomic E-state index is -3.88. The number of hydrogen-bond acceptors (Lipinski definition) is 5. The second kappa shape index (κ2) is 12.8. The number of aromatic hydroxyl groups is 1. The van der Waals surface area contributed by atoms with Crippen molar-refractivity contribution in [1.29, 1.82) is 0 Å². The molecule has 2 aromatic carbocycles. The SMILES string of the molecule is [B]\C1=C(I)/C=C(c2ccccc2O)\C=C(\NCCCCNS(=O)(=O)c2ccccc2F)[I-]N=C1. The predicted octanol–water partition coefficient (Wildman–Crippen LogP) is 1.01. The van der Waals surface area contributed by atoms with E-state index in [2.05, 4.69) is 35.8 Å². The van der Waals surface area contributed by atoms with Crippen LogP contribution in [-0.4, -0.2) is 40.7 Å². The van der Waals surface area contributed by atoms with Gasteiger partial charge in [0.15, 0.2) is 0 Å². The molecule has 0 atom stereocenters. The van der Waals surface area contributed by atoms with Crippen molar-refractivity contribution in [2.75, 3.05) is 13.1 Å². The molecule has 1 aliphatic heterocycles. The van der Waals surface area contributed by atoms with E-state index in [1.54, 1.807) is 18.3 Å². The number of para-hydroxylation sites is 1. The molecule has 3 rings (SSSR count). The summed E-state index contributed by atoms with van der Waals surface area (Å²) >= 11 is 1.40. The van der Waals surface area contributed by atoms with Gasteiger partial charge in [-0.2, -0.15) is 0 Å². The second-order valence-electron chi connectivity index (χ2n) is 7.19. The topological polar surface area (TPSA) is 90.8 Å². The fourth-order valence-corrected chi connectivity index (χ4v) is 6.25. The van der Waals surface area contributed by atoms with E-state index in [0.717, 1.165) is 18.9 Å². The van der Waals surface area contributed by atoms with Crippen molar-refractivity contribution in [3.63, 3.8) is 0 Å². The van der Waals surface area contributed by atoms with Crippen molar-refractivity contribution in [3.8, 4) is 5.75 Å². The van der Waals surface area contributed by atoms with Gasteiger partial charge in [-0.3, -0.25) is 0 Å². The van der Waals surface area contributed by atoms with Crippen LogP contribution in [0.4, 0.5) is 4.39 Å². The van der Waals surface area contributed by atoms with E-state index in [0.29, 0.717) is 30.4 Å². The average molecular weight is 704 g/mol. The standard InChI is InChI=1S/C23H22BFI2N3O3S/c24-18-15-29-27-23(14-16(13-20(18)26)17-7-1-3-9-21(17)31)28-11-5-6-12-30-34(32,33)22-10-4-2-8-19(22)25/h1-4,7-10,13-15,28,30-31H,5-6,11-12H2/q-1/b16-13+,20-18+,23-14+,29-15?. The number of phenolic OH excluding ortho intramolecular Hbond substituents is 1. The van der Waals surface area contributed by atoms with Gasteiger partial charge in [-0.05, 0) is 0 Å². The maximum absolute atomic E-state index is 13.8. The van der Waals surface area contributed by atoms with Crippen LogP contribution >= 0.6 is 22.6 Å². The Balaban J connectivity index is 1.60.